The molecule has 8 heteroatoms. The molecule has 1 aliphatic heterocycles. The largest absolute Gasteiger partial charge is 0.467 e. The van der Waals surface area contributed by atoms with E-state index >= 15 is 0 Å². The fourth-order valence-corrected chi connectivity index (χ4v) is 4.87. The molecule has 0 bridgehead atoms. The van der Waals surface area contributed by atoms with Crippen LogP contribution in [0.1, 0.15) is 45.9 Å². The Labute approximate surface area is 199 Å². The van der Waals surface area contributed by atoms with Crippen molar-refractivity contribution in [2.45, 2.75) is 63.9 Å². The molecule has 3 aromatic rings. The summed E-state index contributed by atoms with van der Waals surface area (Å²) in [5.41, 5.74) is 2.32. The van der Waals surface area contributed by atoms with Gasteiger partial charge in [-0.1, -0.05) is 56.8 Å². The highest BCUT2D eigenvalue weighted by Crippen LogP contribution is 2.29. The number of ether oxygens (including phenoxy) is 1. The minimum Gasteiger partial charge on any atom is -0.467 e. The summed E-state index contributed by atoms with van der Waals surface area (Å²) >= 11 is 1.41. The van der Waals surface area contributed by atoms with E-state index in [9.17, 15) is 4.79 Å². The number of hydrogen-bond acceptors (Lipinski definition) is 6. The van der Waals surface area contributed by atoms with Crippen molar-refractivity contribution >= 4 is 17.7 Å². The summed E-state index contributed by atoms with van der Waals surface area (Å²) in [6.07, 6.45) is 1.76. The number of carbonyl (C=O) groups excluding carboxylic acids is 1. The van der Waals surface area contributed by atoms with Crippen LogP contribution in [-0.4, -0.2) is 56.6 Å². The predicted octanol–water partition coefficient (Wildman–Crippen LogP) is 4.61. The van der Waals surface area contributed by atoms with Crippen LogP contribution < -0.4 is 0 Å². The first-order chi connectivity index (χ1) is 15.7. The van der Waals surface area contributed by atoms with Crippen molar-refractivity contribution in [3.8, 4) is 11.4 Å². The molecule has 33 heavy (non-hydrogen) atoms. The van der Waals surface area contributed by atoms with Crippen LogP contribution in [0.4, 0.5) is 0 Å². The molecule has 0 N–H and O–H groups in total. The first-order valence-corrected chi connectivity index (χ1v) is 12.3. The molecule has 0 unspecified atom stereocenters. The van der Waals surface area contributed by atoms with Crippen LogP contribution in [0, 0.1) is 0 Å². The quantitative estimate of drug-likeness (QED) is 0.492. The van der Waals surface area contributed by atoms with Gasteiger partial charge in [-0.2, -0.15) is 0 Å². The van der Waals surface area contributed by atoms with Crippen molar-refractivity contribution in [1.29, 1.82) is 0 Å². The van der Waals surface area contributed by atoms with Gasteiger partial charge >= 0.3 is 0 Å². The zero-order chi connectivity index (χ0) is 23.6. The minimum atomic E-state index is 0.0491. The molecule has 1 amide bonds. The van der Waals surface area contributed by atoms with Gasteiger partial charge in [0.05, 0.1) is 30.8 Å². The molecule has 1 fully saturated rings. The topological polar surface area (TPSA) is 73.4 Å². The third kappa shape index (κ3) is 5.68. The average Bonchev–Trinajstić information content (AvgIpc) is 3.41. The summed E-state index contributed by atoms with van der Waals surface area (Å²) in [5.74, 6) is 1.96. The number of aromatic nitrogens is 3. The first-order valence-electron chi connectivity index (χ1n) is 11.3. The standard InChI is InChI=1S/C25H32N4O3S/c1-17-13-28(14-18(2)32-17)22(30)16-33-24-27-26-23(29(24)15-21-7-6-12-31-21)19-8-10-20(11-9-19)25(3,4)5/h6-12,17-18H,13-16H2,1-5H3/t17-,18+. The molecule has 0 spiro atoms. The second-order valence-corrected chi connectivity index (χ2v) is 10.6. The fourth-order valence-electron chi connectivity index (χ4n) is 4.03. The van der Waals surface area contributed by atoms with Gasteiger partial charge in [-0.15, -0.1) is 10.2 Å². The Kier molecular flexibility index (Phi) is 6.95. The molecular formula is C25H32N4O3S. The Balaban J connectivity index is 1.55. The van der Waals surface area contributed by atoms with Gasteiger partial charge < -0.3 is 14.1 Å². The summed E-state index contributed by atoms with van der Waals surface area (Å²) in [7, 11) is 0. The van der Waals surface area contributed by atoms with Crippen molar-refractivity contribution in [2.24, 2.45) is 0 Å². The molecule has 176 valence electrons. The molecule has 3 heterocycles. The molecule has 4 rings (SSSR count). The predicted molar refractivity (Wildman–Crippen MR) is 129 cm³/mol. The van der Waals surface area contributed by atoms with Crippen molar-refractivity contribution in [3.05, 3.63) is 54.0 Å². The SMILES string of the molecule is C[C@@H]1CN(C(=O)CSc2nnc(-c3ccc(C(C)(C)C)cc3)n2Cc2ccco2)C[C@H](C)O1. The smallest absolute Gasteiger partial charge is 0.233 e. The Bertz CT molecular complexity index is 1060. The number of morpholine rings is 1. The van der Waals surface area contributed by atoms with Gasteiger partial charge in [0.2, 0.25) is 5.91 Å². The molecular weight excluding hydrogens is 436 g/mol. The van der Waals surface area contributed by atoms with Crippen LogP contribution in [-0.2, 0) is 21.5 Å². The van der Waals surface area contributed by atoms with Crippen LogP contribution in [0.2, 0.25) is 0 Å². The molecule has 1 aliphatic rings. The summed E-state index contributed by atoms with van der Waals surface area (Å²) in [5, 5.41) is 9.61. The van der Waals surface area contributed by atoms with E-state index in [0.717, 1.165) is 17.1 Å². The molecule has 2 aromatic heterocycles. The third-order valence-corrected chi connectivity index (χ3v) is 6.67. The van der Waals surface area contributed by atoms with Crippen molar-refractivity contribution in [3.63, 3.8) is 0 Å². The molecule has 7 nitrogen and oxygen atoms in total. The van der Waals surface area contributed by atoms with E-state index in [0.29, 0.717) is 30.5 Å². The molecule has 0 aliphatic carbocycles. The van der Waals surface area contributed by atoms with Crippen LogP contribution >= 0.6 is 11.8 Å². The Morgan fingerprint density at radius 2 is 1.79 bits per heavy atom. The number of benzene rings is 1. The average molecular weight is 469 g/mol. The number of furan rings is 1. The van der Waals surface area contributed by atoms with E-state index in [1.54, 1.807) is 6.26 Å². The summed E-state index contributed by atoms with van der Waals surface area (Å²) < 4.78 is 13.4. The monoisotopic (exact) mass is 468 g/mol. The lowest BCUT2D eigenvalue weighted by Gasteiger charge is -2.35. The lowest BCUT2D eigenvalue weighted by atomic mass is 9.87. The van der Waals surface area contributed by atoms with E-state index in [2.05, 4.69) is 55.2 Å². The maximum atomic E-state index is 12.9. The number of hydrogen-bond donors (Lipinski definition) is 0. The molecule has 1 aromatic carbocycles. The number of amides is 1. The van der Waals surface area contributed by atoms with Crippen molar-refractivity contribution in [2.75, 3.05) is 18.8 Å². The maximum absolute atomic E-state index is 12.9. The van der Waals surface area contributed by atoms with E-state index < -0.39 is 0 Å². The van der Waals surface area contributed by atoms with Gasteiger partial charge in [-0.25, -0.2) is 0 Å². The number of nitrogens with zero attached hydrogens (tertiary/aromatic N) is 4. The highest BCUT2D eigenvalue weighted by molar-refractivity contribution is 7.99. The fraction of sp³-hybridized carbons (Fsp3) is 0.480. The normalized spacial score (nSPS) is 19.1. The zero-order valence-corrected chi connectivity index (χ0v) is 20.8. The second kappa shape index (κ2) is 9.73. The molecule has 0 saturated carbocycles. The van der Waals surface area contributed by atoms with Crippen LogP contribution in [0.3, 0.4) is 0 Å². The van der Waals surface area contributed by atoms with Crippen molar-refractivity contribution < 1.29 is 13.9 Å². The lowest BCUT2D eigenvalue weighted by molar-refractivity contribution is -0.140. The van der Waals surface area contributed by atoms with E-state index in [-0.39, 0.29) is 23.5 Å². The summed E-state index contributed by atoms with van der Waals surface area (Å²) in [6, 6.07) is 12.2. The van der Waals surface area contributed by atoms with Crippen LogP contribution in [0.5, 0.6) is 0 Å². The van der Waals surface area contributed by atoms with E-state index in [1.807, 2.05) is 35.4 Å². The number of rotatable bonds is 6. The Morgan fingerprint density at radius 3 is 2.39 bits per heavy atom. The molecule has 0 radical (unpaired) electrons. The van der Waals surface area contributed by atoms with Gasteiger partial charge in [-0.05, 0) is 37.0 Å². The minimum absolute atomic E-state index is 0.0491. The molecule has 1 saturated heterocycles. The number of thioether (sulfide) groups is 1. The van der Waals surface area contributed by atoms with E-state index in [4.69, 9.17) is 9.15 Å². The van der Waals surface area contributed by atoms with E-state index in [1.165, 1.54) is 17.3 Å². The second-order valence-electron chi connectivity index (χ2n) is 9.64. The highest BCUT2D eigenvalue weighted by Gasteiger charge is 2.26. The lowest BCUT2D eigenvalue weighted by Crippen LogP contribution is -2.48. The Morgan fingerprint density at radius 1 is 1.09 bits per heavy atom. The van der Waals surface area contributed by atoms with Gasteiger partial charge in [0.1, 0.15) is 5.76 Å². The third-order valence-electron chi connectivity index (χ3n) is 5.72. The van der Waals surface area contributed by atoms with Crippen LogP contribution in [0.25, 0.3) is 11.4 Å². The number of carbonyl (C=O) groups is 1. The zero-order valence-electron chi connectivity index (χ0n) is 19.9. The van der Waals surface area contributed by atoms with Gasteiger partial charge in [0.25, 0.3) is 0 Å². The summed E-state index contributed by atoms with van der Waals surface area (Å²) in [4.78, 5) is 14.8. The van der Waals surface area contributed by atoms with Gasteiger partial charge in [0, 0.05) is 18.7 Å². The Hall–Kier alpha value is -2.58. The molecule has 2 atom stereocenters. The summed E-state index contributed by atoms with van der Waals surface area (Å²) in [6.45, 7) is 12.3. The highest BCUT2D eigenvalue weighted by atomic mass is 32.2. The van der Waals surface area contributed by atoms with Crippen molar-refractivity contribution in [1.82, 2.24) is 19.7 Å². The van der Waals surface area contributed by atoms with Crippen LogP contribution in [0.15, 0.2) is 52.2 Å². The first kappa shape index (κ1) is 23.6. The van der Waals surface area contributed by atoms with Gasteiger partial charge in [-0.3, -0.25) is 9.36 Å². The maximum Gasteiger partial charge on any atom is 0.233 e. The van der Waals surface area contributed by atoms with Gasteiger partial charge in [0.15, 0.2) is 11.0 Å².